The van der Waals surface area contributed by atoms with Crippen LogP contribution in [0.5, 0.6) is 0 Å². The summed E-state index contributed by atoms with van der Waals surface area (Å²) in [6.45, 7) is 0. The summed E-state index contributed by atoms with van der Waals surface area (Å²) in [5.74, 6) is 0. The van der Waals surface area contributed by atoms with Gasteiger partial charge in [-0.15, -0.1) is 0 Å². The number of aromatic nitrogens is 1. The van der Waals surface area contributed by atoms with E-state index in [2.05, 4.69) is 0 Å². The third-order valence-electron chi connectivity index (χ3n) is 2.08. The number of benzene rings is 1. The zero-order valence-electron chi connectivity index (χ0n) is 5.74. The van der Waals surface area contributed by atoms with Gasteiger partial charge in [0, 0.05) is 5.39 Å². The quantitative estimate of drug-likeness (QED) is 0.465. The number of pyridine rings is 1. The average Bonchev–Trinajstić information content (AvgIpc) is 2.55. The molecule has 0 saturated heterocycles. The fourth-order valence-corrected chi connectivity index (χ4v) is 1.49. The molecule has 11 heavy (non-hydrogen) atoms. The maximum Gasteiger partial charge on any atom is 0.280 e. The molecule has 0 aliphatic heterocycles. The number of hydrogen-bond acceptors (Lipinski definition) is 1. The van der Waals surface area contributed by atoms with Crippen LogP contribution in [-0.2, 0) is 0 Å². The monoisotopic (exact) mass is 143 g/mol. The van der Waals surface area contributed by atoms with Crippen LogP contribution in [0, 0.1) is 0 Å². The summed E-state index contributed by atoms with van der Waals surface area (Å²) in [5, 5.41) is 1.15. The molecule has 0 aliphatic rings. The van der Waals surface area contributed by atoms with Gasteiger partial charge in [-0.1, -0.05) is 18.2 Å². The van der Waals surface area contributed by atoms with Gasteiger partial charge in [-0.2, -0.15) is 0 Å². The van der Waals surface area contributed by atoms with Crippen LogP contribution in [-0.4, -0.2) is 4.40 Å². The Morgan fingerprint density at radius 1 is 1.09 bits per heavy atom. The Morgan fingerprint density at radius 2 is 1.91 bits per heavy atom. The molecule has 2 aromatic heterocycles. The molecule has 0 bridgehead atoms. The van der Waals surface area contributed by atoms with Crippen molar-refractivity contribution in [1.29, 1.82) is 0 Å². The molecule has 0 radical (unpaired) electrons. The first-order valence-electron chi connectivity index (χ1n) is 3.53. The lowest BCUT2D eigenvalue weighted by Crippen LogP contribution is -1.83. The van der Waals surface area contributed by atoms with Gasteiger partial charge in [0.1, 0.15) is 5.52 Å². The number of hydrogen-bond donors (Lipinski definition) is 0. The Labute approximate surface area is 62.4 Å². The van der Waals surface area contributed by atoms with Gasteiger partial charge >= 0.3 is 0 Å². The van der Waals surface area contributed by atoms with Gasteiger partial charge < -0.3 is 0 Å². The molecular formula is C9H5NO. The molecule has 3 aromatic rings. The minimum Gasteiger partial charge on any atom is -0.269 e. The summed E-state index contributed by atoms with van der Waals surface area (Å²) in [7, 11) is 0. The van der Waals surface area contributed by atoms with E-state index in [0.717, 1.165) is 16.4 Å². The molecule has 0 saturated carbocycles. The second kappa shape index (κ2) is 1.37. The van der Waals surface area contributed by atoms with Crippen molar-refractivity contribution in [3.8, 4) is 0 Å². The first-order chi connectivity index (χ1) is 5.38. The molecule has 2 heteroatoms. The molecule has 0 N–H and O–H groups in total. The van der Waals surface area contributed by atoms with E-state index < -0.39 is 0 Å². The summed E-state index contributed by atoms with van der Waals surface area (Å²) in [6, 6.07) is 9.83. The first kappa shape index (κ1) is 5.13. The lowest BCUT2D eigenvalue weighted by atomic mass is 10.2. The van der Waals surface area contributed by atoms with Gasteiger partial charge in [0.15, 0.2) is 0 Å². The molecule has 0 aliphatic carbocycles. The van der Waals surface area contributed by atoms with Crippen LogP contribution in [0.4, 0.5) is 0 Å². The Kier molecular flexibility index (Phi) is 0.639. The lowest BCUT2D eigenvalue weighted by Gasteiger charge is -1.85. The molecular weight excluding hydrogens is 138 g/mol. The van der Waals surface area contributed by atoms with Crippen molar-refractivity contribution in [1.82, 2.24) is 4.40 Å². The molecule has 0 fully saturated rings. The number of nitrogens with zero attached hydrogens (tertiary/aromatic N) is 1. The summed E-state index contributed by atoms with van der Waals surface area (Å²) in [5.41, 5.74) is 2.03. The second-order valence-electron chi connectivity index (χ2n) is 2.73. The zero-order valence-corrected chi connectivity index (χ0v) is 5.74. The minimum absolute atomic E-state index is 0.156. The fourth-order valence-electron chi connectivity index (χ4n) is 1.49. The SMILES string of the molecule is O=c1c2cc3ccccc3n12. The summed E-state index contributed by atoms with van der Waals surface area (Å²) < 4.78 is 1.73. The Balaban J connectivity index is 2.70. The molecule has 0 amide bonds. The van der Waals surface area contributed by atoms with Crippen LogP contribution in [0.3, 0.4) is 0 Å². The Hall–Kier alpha value is -1.57. The molecule has 0 atom stereocenters. The van der Waals surface area contributed by atoms with Crippen LogP contribution in [0.15, 0.2) is 35.1 Å². The van der Waals surface area contributed by atoms with Crippen molar-refractivity contribution < 1.29 is 0 Å². The van der Waals surface area contributed by atoms with Crippen LogP contribution in [0.2, 0.25) is 0 Å². The van der Waals surface area contributed by atoms with Crippen LogP contribution >= 0.6 is 0 Å². The van der Waals surface area contributed by atoms with Crippen LogP contribution < -0.4 is 5.56 Å². The largest absolute Gasteiger partial charge is 0.280 e. The Morgan fingerprint density at radius 3 is 2.82 bits per heavy atom. The van der Waals surface area contributed by atoms with E-state index in [1.54, 1.807) is 4.40 Å². The van der Waals surface area contributed by atoms with Gasteiger partial charge in [-0.25, -0.2) is 0 Å². The molecule has 52 valence electrons. The van der Waals surface area contributed by atoms with E-state index in [4.69, 9.17) is 0 Å². The molecule has 0 spiro atoms. The third kappa shape index (κ3) is 0.463. The van der Waals surface area contributed by atoms with E-state index in [1.165, 1.54) is 0 Å². The van der Waals surface area contributed by atoms with E-state index in [1.807, 2.05) is 30.3 Å². The van der Waals surface area contributed by atoms with E-state index in [0.29, 0.717) is 0 Å². The second-order valence-corrected chi connectivity index (χ2v) is 2.73. The normalized spacial score (nSPS) is 12.0. The van der Waals surface area contributed by atoms with Crippen molar-refractivity contribution in [3.05, 3.63) is 40.7 Å². The number of fused-ring (bicyclic) bond motifs is 3. The molecule has 3 rings (SSSR count). The van der Waals surface area contributed by atoms with Gasteiger partial charge in [0.25, 0.3) is 5.56 Å². The molecule has 2 heterocycles. The van der Waals surface area contributed by atoms with Gasteiger partial charge in [0.05, 0.1) is 5.52 Å². The van der Waals surface area contributed by atoms with E-state index in [-0.39, 0.29) is 5.56 Å². The minimum atomic E-state index is 0.156. The maximum atomic E-state index is 10.9. The van der Waals surface area contributed by atoms with Gasteiger partial charge in [0.2, 0.25) is 0 Å². The third-order valence-corrected chi connectivity index (χ3v) is 2.08. The van der Waals surface area contributed by atoms with E-state index >= 15 is 0 Å². The predicted octanol–water partition coefficient (Wildman–Crippen LogP) is 1.33. The molecule has 0 unspecified atom stereocenters. The highest BCUT2D eigenvalue weighted by atomic mass is 16.1. The summed E-state index contributed by atoms with van der Waals surface area (Å²) in [4.78, 5) is 10.9. The average molecular weight is 143 g/mol. The van der Waals surface area contributed by atoms with Crippen molar-refractivity contribution in [2.45, 2.75) is 0 Å². The number of rotatable bonds is 0. The van der Waals surface area contributed by atoms with Crippen molar-refractivity contribution in [2.24, 2.45) is 0 Å². The Bertz CT molecular complexity index is 552. The highest BCUT2D eigenvalue weighted by Crippen LogP contribution is 2.19. The van der Waals surface area contributed by atoms with Gasteiger partial charge in [-0.05, 0) is 12.1 Å². The van der Waals surface area contributed by atoms with Crippen LogP contribution in [0.25, 0.3) is 16.4 Å². The summed E-state index contributed by atoms with van der Waals surface area (Å²) in [6.07, 6.45) is 0. The van der Waals surface area contributed by atoms with E-state index in [9.17, 15) is 4.79 Å². The predicted molar refractivity (Wildman–Crippen MR) is 43.5 cm³/mol. The molecule has 1 aromatic carbocycles. The number of para-hydroxylation sites is 1. The lowest BCUT2D eigenvalue weighted by molar-refractivity contribution is 1.39. The highest BCUT2D eigenvalue weighted by molar-refractivity contribution is 5.90. The van der Waals surface area contributed by atoms with Crippen LogP contribution in [0.1, 0.15) is 0 Å². The first-order valence-corrected chi connectivity index (χ1v) is 3.53. The standard InChI is InChI=1S/C9H5NO/c11-9-8-5-6-3-1-2-4-7(6)10(8)9/h1-5H. The highest BCUT2D eigenvalue weighted by Gasteiger charge is 2.14. The molecule has 2 nitrogen and oxygen atoms in total. The fraction of sp³-hybridized carbons (Fsp3) is 0. The maximum absolute atomic E-state index is 10.9. The summed E-state index contributed by atoms with van der Waals surface area (Å²) >= 11 is 0. The van der Waals surface area contributed by atoms with Crippen molar-refractivity contribution in [3.63, 3.8) is 0 Å². The topological polar surface area (TPSA) is 21.5 Å². The zero-order chi connectivity index (χ0) is 7.42. The smallest absolute Gasteiger partial charge is 0.269 e. The van der Waals surface area contributed by atoms with Crippen molar-refractivity contribution >= 4 is 16.4 Å². The van der Waals surface area contributed by atoms with Crippen molar-refractivity contribution in [2.75, 3.05) is 0 Å². The van der Waals surface area contributed by atoms with Gasteiger partial charge in [-0.3, -0.25) is 9.20 Å².